The number of halogens is 1. The molecule has 27 heavy (non-hydrogen) atoms. The van der Waals surface area contributed by atoms with E-state index in [1.54, 1.807) is 0 Å². The van der Waals surface area contributed by atoms with Gasteiger partial charge in [-0.2, -0.15) is 0 Å². The fourth-order valence-electron chi connectivity index (χ4n) is 3.37. The number of carbonyl (C=O) groups is 1. The van der Waals surface area contributed by atoms with Gasteiger partial charge in [0.05, 0.1) is 6.61 Å². The van der Waals surface area contributed by atoms with Gasteiger partial charge >= 0.3 is 0 Å². The van der Waals surface area contributed by atoms with Crippen LogP contribution in [0.2, 0.25) is 0 Å². The summed E-state index contributed by atoms with van der Waals surface area (Å²) >= 11 is 3.48. The van der Waals surface area contributed by atoms with Crippen LogP contribution in [0.15, 0.2) is 53.0 Å². The maximum Gasteiger partial charge on any atom is 0.222 e. The van der Waals surface area contributed by atoms with Crippen molar-refractivity contribution in [2.24, 2.45) is 0 Å². The summed E-state index contributed by atoms with van der Waals surface area (Å²) in [7, 11) is 0. The first-order valence-electron chi connectivity index (χ1n) is 9.60. The molecule has 144 valence electrons. The van der Waals surface area contributed by atoms with E-state index in [4.69, 9.17) is 4.74 Å². The van der Waals surface area contributed by atoms with Gasteiger partial charge in [-0.1, -0.05) is 40.2 Å². The number of rotatable bonds is 7. The minimum absolute atomic E-state index is 0.260. The Bertz CT molecular complexity index is 740. The molecule has 0 radical (unpaired) electrons. The minimum Gasteiger partial charge on any atom is -0.494 e. The number of amides is 1. The molecule has 0 aliphatic carbocycles. The van der Waals surface area contributed by atoms with E-state index in [-0.39, 0.29) is 5.91 Å². The van der Waals surface area contributed by atoms with Crippen LogP contribution in [-0.4, -0.2) is 48.5 Å². The van der Waals surface area contributed by atoms with Crippen molar-refractivity contribution in [2.75, 3.05) is 32.8 Å². The molecule has 0 unspecified atom stereocenters. The maximum atomic E-state index is 12.5. The predicted octanol–water partition coefficient (Wildman–Crippen LogP) is 4.12. The highest BCUT2D eigenvalue weighted by Gasteiger charge is 2.20. The second kappa shape index (κ2) is 9.90. The van der Waals surface area contributed by atoms with Gasteiger partial charge in [0.15, 0.2) is 0 Å². The molecule has 1 aliphatic heterocycles. The highest BCUT2D eigenvalue weighted by atomic mass is 79.9. The van der Waals surface area contributed by atoms with Crippen molar-refractivity contribution < 1.29 is 9.53 Å². The molecule has 0 atom stereocenters. The molecule has 0 spiro atoms. The second-order valence-electron chi connectivity index (χ2n) is 6.86. The zero-order chi connectivity index (χ0) is 19.1. The van der Waals surface area contributed by atoms with Crippen molar-refractivity contribution in [1.82, 2.24) is 9.80 Å². The predicted molar refractivity (Wildman–Crippen MR) is 112 cm³/mol. The molecule has 1 fully saturated rings. The Labute approximate surface area is 170 Å². The summed E-state index contributed by atoms with van der Waals surface area (Å²) in [5.41, 5.74) is 2.49. The molecule has 2 aromatic rings. The first-order valence-corrected chi connectivity index (χ1v) is 10.4. The fraction of sp³-hybridized carbons (Fsp3) is 0.409. The van der Waals surface area contributed by atoms with E-state index in [0.717, 1.165) is 49.4 Å². The van der Waals surface area contributed by atoms with Gasteiger partial charge in [-0.25, -0.2) is 0 Å². The van der Waals surface area contributed by atoms with Gasteiger partial charge in [-0.3, -0.25) is 9.69 Å². The van der Waals surface area contributed by atoms with Crippen LogP contribution in [0.4, 0.5) is 0 Å². The van der Waals surface area contributed by atoms with E-state index in [1.165, 1.54) is 11.1 Å². The molecular weight excluding hydrogens is 404 g/mol. The molecular formula is C22H27BrN2O2. The highest BCUT2D eigenvalue weighted by molar-refractivity contribution is 9.10. The SMILES string of the molecule is CCOc1ccc(CN2CCN(C(=O)CCc3cccc(Br)c3)CC2)cc1. The van der Waals surface area contributed by atoms with Crippen LogP contribution in [-0.2, 0) is 17.8 Å². The first-order chi connectivity index (χ1) is 13.1. The molecule has 0 aromatic heterocycles. The summed E-state index contributed by atoms with van der Waals surface area (Å²) in [4.78, 5) is 16.9. The topological polar surface area (TPSA) is 32.8 Å². The van der Waals surface area contributed by atoms with Crippen LogP contribution >= 0.6 is 15.9 Å². The summed E-state index contributed by atoms with van der Waals surface area (Å²) in [6.45, 7) is 7.09. The van der Waals surface area contributed by atoms with Gasteiger partial charge in [0.1, 0.15) is 5.75 Å². The number of benzene rings is 2. The summed E-state index contributed by atoms with van der Waals surface area (Å²) in [6.07, 6.45) is 1.38. The molecule has 0 N–H and O–H groups in total. The van der Waals surface area contributed by atoms with Gasteiger partial charge < -0.3 is 9.64 Å². The molecule has 1 aliphatic rings. The van der Waals surface area contributed by atoms with Gasteiger partial charge in [-0.05, 0) is 48.7 Å². The van der Waals surface area contributed by atoms with Gasteiger partial charge in [0.25, 0.3) is 0 Å². The van der Waals surface area contributed by atoms with Crippen molar-refractivity contribution in [3.05, 3.63) is 64.1 Å². The average molecular weight is 431 g/mol. The lowest BCUT2D eigenvalue weighted by Crippen LogP contribution is -2.48. The van der Waals surface area contributed by atoms with Crippen LogP contribution < -0.4 is 4.74 Å². The summed E-state index contributed by atoms with van der Waals surface area (Å²) in [5, 5.41) is 0. The molecule has 1 saturated heterocycles. The molecule has 0 bridgehead atoms. The van der Waals surface area contributed by atoms with E-state index < -0.39 is 0 Å². The number of hydrogen-bond acceptors (Lipinski definition) is 3. The molecule has 1 amide bonds. The lowest BCUT2D eigenvalue weighted by molar-refractivity contribution is -0.133. The quantitative estimate of drug-likeness (QED) is 0.661. The number of piperazine rings is 1. The zero-order valence-electron chi connectivity index (χ0n) is 15.9. The number of ether oxygens (including phenoxy) is 1. The Balaban J connectivity index is 1.42. The number of aryl methyl sites for hydroxylation is 1. The summed E-state index contributed by atoms with van der Waals surface area (Å²) in [6, 6.07) is 16.5. The Kier molecular flexibility index (Phi) is 7.30. The lowest BCUT2D eigenvalue weighted by atomic mass is 10.1. The third-order valence-corrected chi connectivity index (χ3v) is 5.38. The van der Waals surface area contributed by atoms with Crippen molar-refractivity contribution >= 4 is 21.8 Å². The van der Waals surface area contributed by atoms with Gasteiger partial charge in [-0.15, -0.1) is 0 Å². The molecule has 4 nitrogen and oxygen atoms in total. The number of nitrogens with zero attached hydrogens (tertiary/aromatic N) is 2. The van der Waals surface area contributed by atoms with Crippen LogP contribution in [0, 0.1) is 0 Å². The second-order valence-corrected chi connectivity index (χ2v) is 7.78. The van der Waals surface area contributed by atoms with E-state index in [1.807, 2.05) is 36.1 Å². The van der Waals surface area contributed by atoms with Gasteiger partial charge in [0.2, 0.25) is 5.91 Å². The monoisotopic (exact) mass is 430 g/mol. The Hall–Kier alpha value is -1.85. The lowest BCUT2D eigenvalue weighted by Gasteiger charge is -2.35. The Morgan fingerprint density at radius 2 is 1.78 bits per heavy atom. The maximum absolute atomic E-state index is 12.5. The standard InChI is InChI=1S/C22H27BrN2O2/c1-2-27-21-9-6-19(7-10-21)17-24-12-14-25(15-13-24)22(26)11-8-18-4-3-5-20(23)16-18/h3-7,9-10,16H,2,8,11-15,17H2,1H3. The summed E-state index contributed by atoms with van der Waals surface area (Å²) in [5.74, 6) is 1.18. The average Bonchev–Trinajstić information content (AvgIpc) is 2.68. The van der Waals surface area contributed by atoms with Gasteiger partial charge in [0, 0.05) is 43.6 Å². The van der Waals surface area contributed by atoms with Crippen molar-refractivity contribution in [3.63, 3.8) is 0 Å². The third kappa shape index (κ3) is 6.08. The number of hydrogen-bond donors (Lipinski definition) is 0. The van der Waals surface area contributed by atoms with E-state index >= 15 is 0 Å². The number of carbonyl (C=O) groups excluding carboxylic acids is 1. The molecule has 1 heterocycles. The zero-order valence-corrected chi connectivity index (χ0v) is 17.5. The Morgan fingerprint density at radius 1 is 1.04 bits per heavy atom. The van der Waals surface area contributed by atoms with Crippen molar-refractivity contribution in [3.8, 4) is 5.75 Å². The highest BCUT2D eigenvalue weighted by Crippen LogP contribution is 2.16. The van der Waals surface area contributed by atoms with Crippen molar-refractivity contribution in [2.45, 2.75) is 26.3 Å². The largest absolute Gasteiger partial charge is 0.494 e. The van der Waals surface area contributed by atoms with E-state index in [2.05, 4.69) is 45.1 Å². The third-order valence-electron chi connectivity index (χ3n) is 4.88. The van der Waals surface area contributed by atoms with Crippen molar-refractivity contribution in [1.29, 1.82) is 0 Å². The van der Waals surface area contributed by atoms with Crippen LogP contribution in [0.5, 0.6) is 5.75 Å². The summed E-state index contributed by atoms with van der Waals surface area (Å²) < 4.78 is 6.56. The Morgan fingerprint density at radius 3 is 2.44 bits per heavy atom. The van der Waals surface area contributed by atoms with Crippen LogP contribution in [0.3, 0.4) is 0 Å². The van der Waals surface area contributed by atoms with Crippen LogP contribution in [0.1, 0.15) is 24.5 Å². The molecule has 2 aromatic carbocycles. The smallest absolute Gasteiger partial charge is 0.222 e. The fourth-order valence-corrected chi connectivity index (χ4v) is 3.82. The molecule has 5 heteroatoms. The van der Waals surface area contributed by atoms with E-state index in [0.29, 0.717) is 13.0 Å². The molecule has 3 rings (SSSR count). The first kappa shape index (κ1) is 19.9. The minimum atomic E-state index is 0.260. The molecule has 0 saturated carbocycles. The normalized spacial score (nSPS) is 15.0. The van der Waals surface area contributed by atoms with Crippen LogP contribution in [0.25, 0.3) is 0 Å². The van der Waals surface area contributed by atoms with E-state index in [9.17, 15) is 4.79 Å².